The molecule has 0 aromatic heterocycles. The van der Waals surface area contributed by atoms with Gasteiger partial charge in [-0.1, -0.05) is 11.6 Å². The van der Waals surface area contributed by atoms with E-state index >= 15 is 0 Å². The largest absolute Gasteiger partial charge is 0.496 e. The molecule has 7 nitrogen and oxygen atoms in total. The second kappa shape index (κ2) is 6.97. The van der Waals surface area contributed by atoms with Crippen LogP contribution in [-0.4, -0.2) is 54.4 Å². The number of aliphatic hydroxyl groups excluding tert-OH is 1. The summed E-state index contributed by atoms with van der Waals surface area (Å²) >= 11 is 5.93. The molecule has 0 aliphatic carbocycles. The fourth-order valence-corrected chi connectivity index (χ4v) is 1.66. The summed E-state index contributed by atoms with van der Waals surface area (Å²) in [7, 11) is 2.82. The van der Waals surface area contributed by atoms with Gasteiger partial charge < -0.3 is 25.2 Å². The zero-order chi connectivity index (χ0) is 15.3. The number of nitrogens with one attached hydrogen (secondary N) is 1. The Hall–Kier alpha value is -1.99. The van der Waals surface area contributed by atoms with Crippen molar-refractivity contribution in [1.29, 1.82) is 0 Å². The summed E-state index contributed by atoms with van der Waals surface area (Å²) in [5.74, 6) is -1.10. The first kappa shape index (κ1) is 16.1. The van der Waals surface area contributed by atoms with Gasteiger partial charge >= 0.3 is 12.0 Å². The summed E-state index contributed by atoms with van der Waals surface area (Å²) in [4.78, 5) is 24.0. The van der Waals surface area contributed by atoms with Gasteiger partial charge in [-0.15, -0.1) is 0 Å². The lowest BCUT2D eigenvalue weighted by atomic mass is 10.2. The topological polar surface area (TPSA) is 99.1 Å². The minimum atomic E-state index is -1.18. The van der Waals surface area contributed by atoms with Crippen LogP contribution in [0.25, 0.3) is 0 Å². The molecule has 0 saturated heterocycles. The summed E-state index contributed by atoms with van der Waals surface area (Å²) < 4.78 is 4.95. The number of hydrogen-bond donors (Lipinski definition) is 3. The molecule has 0 bridgehead atoms. The highest BCUT2D eigenvalue weighted by molar-refractivity contribution is 6.34. The first-order valence-corrected chi connectivity index (χ1v) is 6.02. The Morgan fingerprint density at radius 2 is 2.10 bits per heavy atom. The number of ether oxygens (including phenoxy) is 1. The van der Waals surface area contributed by atoms with E-state index in [0.717, 1.165) is 0 Å². The highest BCUT2D eigenvalue weighted by Crippen LogP contribution is 2.31. The minimum absolute atomic E-state index is 0.0777. The zero-order valence-corrected chi connectivity index (χ0v) is 11.8. The van der Waals surface area contributed by atoms with Crippen LogP contribution in [0.1, 0.15) is 10.4 Å². The van der Waals surface area contributed by atoms with Gasteiger partial charge in [0.15, 0.2) is 0 Å². The number of amides is 2. The van der Waals surface area contributed by atoms with Crippen LogP contribution in [0.5, 0.6) is 5.75 Å². The van der Waals surface area contributed by atoms with Crippen LogP contribution in [0.2, 0.25) is 5.02 Å². The van der Waals surface area contributed by atoms with Gasteiger partial charge in [0.2, 0.25) is 0 Å². The van der Waals surface area contributed by atoms with Crippen LogP contribution in [0, 0.1) is 0 Å². The number of carboxylic acid groups (broad SMARTS) is 1. The number of carbonyl (C=O) groups excluding carboxylic acids is 1. The van der Waals surface area contributed by atoms with Gasteiger partial charge in [0.05, 0.1) is 24.4 Å². The van der Waals surface area contributed by atoms with Crippen LogP contribution in [0.4, 0.5) is 10.5 Å². The molecule has 8 heteroatoms. The van der Waals surface area contributed by atoms with Crippen molar-refractivity contribution in [2.75, 3.05) is 32.6 Å². The Morgan fingerprint density at radius 3 is 2.60 bits per heavy atom. The van der Waals surface area contributed by atoms with Crippen molar-refractivity contribution in [3.8, 4) is 5.75 Å². The normalized spacial score (nSPS) is 10.0. The first-order chi connectivity index (χ1) is 9.40. The van der Waals surface area contributed by atoms with E-state index in [1.54, 1.807) is 0 Å². The molecule has 3 N–H and O–H groups in total. The highest BCUT2D eigenvalue weighted by Gasteiger charge is 2.17. The SMILES string of the molecule is COc1cc(NC(=O)N(C)CCO)c(Cl)cc1C(=O)O. The van der Waals surface area contributed by atoms with Crippen LogP contribution < -0.4 is 10.1 Å². The van der Waals surface area contributed by atoms with E-state index in [0.29, 0.717) is 0 Å². The summed E-state index contributed by atoms with van der Waals surface area (Å²) in [6.07, 6.45) is 0. The Labute approximate surface area is 120 Å². The van der Waals surface area contributed by atoms with Crippen molar-refractivity contribution in [3.05, 3.63) is 22.7 Å². The molecular weight excluding hydrogens is 288 g/mol. The van der Waals surface area contributed by atoms with Crippen molar-refractivity contribution in [3.63, 3.8) is 0 Å². The van der Waals surface area contributed by atoms with Gasteiger partial charge in [0.1, 0.15) is 11.3 Å². The fourth-order valence-electron chi connectivity index (χ4n) is 1.45. The molecule has 0 fully saturated rings. The van der Waals surface area contributed by atoms with E-state index in [-0.39, 0.29) is 35.2 Å². The highest BCUT2D eigenvalue weighted by atomic mass is 35.5. The molecule has 0 unspecified atom stereocenters. The maximum Gasteiger partial charge on any atom is 0.339 e. The Balaban J connectivity index is 3.02. The van der Waals surface area contributed by atoms with E-state index in [2.05, 4.69) is 5.32 Å². The number of anilines is 1. The molecule has 2 amide bonds. The summed E-state index contributed by atoms with van der Waals surface area (Å²) in [5.41, 5.74) is 0.127. The third kappa shape index (κ3) is 3.75. The molecule has 0 atom stereocenters. The van der Waals surface area contributed by atoms with Crippen molar-refractivity contribution in [2.45, 2.75) is 0 Å². The third-order valence-electron chi connectivity index (χ3n) is 2.54. The van der Waals surface area contributed by atoms with Crippen molar-refractivity contribution in [2.24, 2.45) is 0 Å². The smallest absolute Gasteiger partial charge is 0.339 e. The second-order valence-corrected chi connectivity index (χ2v) is 4.32. The average Bonchev–Trinajstić information content (AvgIpc) is 2.40. The fraction of sp³-hybridized carbons (Fsp3) is 0.333. The molecule has 1 rings (SSSR count). The van der Waals surface area contributed by atoms with E-state index < -0.39 is 12.0 Å². The van der Waals surface area contributed by atoms with Crippen LogP contribution in [0.3, 0.4) is 0 Å². The lowest BCUT2D eigenvalue weighted by molar-refractivity contribution is 0.0693. The molecule has 0 saturated carbocycles. The first-order valence-electron chi connectivity index (χ1n) is 5.64. The van der Waals surface area contributed by atoms with Crippen molar-refractivity contribution >= 4 is 29.3 Å². The van der Waals surface area contributed by atoms with Gasteiger partial charge in [-0.05, 0) is 6.07 Å². The van der Waals surface area contributed by atoms with Gasteiger partial charge in [0, 0.05) is 19.7 Å². The molecule has 110 valence electrons. The summed E-state index contributed by atoms with van der Waals surface area (Å²) in [5, 5.41) is 20.3. The molecule has 1 aromatic rings. The van der Waals surface area contributed by atoms with Crippen molar-refractivity contribution in [1.82, 2.24) is 4.90 Å². The number of rotatable bonds is 5. The number of likely N-dealkylation sites (N-methyl/N-ethyl adjacent to an activating group) is 1. The Morgan fingerprint density at radius 1 is 1.45 bits per heavy atom. The van der Waals surface area contributed by atoms with E-state index in [1.807, 2.05) is 0 Å². The molecular formula is C12H15ClN2O5. The minimum Gasteiger partial charge on any atom is -0.496 e. The number of halogens is 1. The van der Waals surface area contributed by atoms with Crippen LogP contribution in [-0.2, 0) is 0 Å². The lowest BCUT2D eigenvalue weighted by Crippen LogP contribution is -2.33. The summed E-state index contributed by atoms with van der Waals surface area (Å²) in [6.45, 7) is -0.00722. The third-order valence-corrected chi connectivity index (χ3v) is 2.86. The Kier molecular flexibility index (Phi) is 5.60. The van der Waals surface area contributed by atoms with E-state index in [9.17, 15) is 9.59 Å². The van der Waals surface area contributed by atoms with E-state index in [4.69, 9.17) is 26.6 Å². The van der Waals surface area contributed by atoms with Gasteiger partial charge in [-0.25, -0.2) is 9.59 Å². The van der Waals surface area contributed by atoms with Gasteiger partial charge in [-0.3, -0.25) is 0 Å². The quantitative estimate of drug-likeness (QED) is 0.765. The monoisotopic (exact) mass is 302 g/mol. The number of hydrogen-bond acceptors (Lipinski definition) is 4. The lowest BCUT2D eigenvalue weighted by Gasteiger charge is -2.18. The van der Waals surface area contributed by atoms with E-state index in [1.165, 1.54) is 31.2 Å². The Bertz CT molecular complexity index is 521. The molecule has 0 radical (unpaired) electrons. The number of benzene rings is 1. The van der Waals surface area contributed by atoms with Crippen molar-refractivity contribution < 1.29 is 24.5 Å². The van der Waals surface area contributed by atoms with Crippen LogP contribution in [0.15, 0.2) is 12.1 Å². The maximum absolute atomic E-state index is 11.8. The van der Waals surface area contributed by atoms with Crippen LogP contribution >= 0.6 is 11.6 Å². The number of methoxy groups -OCH3 is 1. The van der Waals surface area contributed by atoms with Gasteiger partial charge in [-0.2, -0.15) is 0 Å². The number of carbonyl (C=O) groups is 2. The number of aromatic carboxylic acids is 1. The molecule has 0 heterocycles. The molecule has 20 heavy (non-hydrogen) atoms. The molecule has 1 aromatic carbocycles. The predicted molar refractivity (Wildman–Crippen MR) is 73.7 cm³/mol. The number of nitrogens with zero attached hydrogens (tertiary/aromatic N) is 1. The second-order valence-electron chi connectivity index (χ2n) is 3.91. The zero-order valence-electron chi connectivity index (χ0n) is 11.0. The number of aliphatic hydroxyl groups is 1. The predicted octanol–water partition coefficient (Wildman–Crippen LogP) is 1.50. The average molecular weight is 303 g/mol. The number of urea groups is 1. The molecule has 0 aliphatic rings. The number of carboxylic acids is 1. The maximum atomic E-state index is 11.8. The molecule has 0 aliphatic heterocycles. The standard InChI is InChI=1S/C12H15ClN2O5/c1-15(3-4-16)12(19)14-9-6-10(20-2)7(11(17)18)5-8(9)13/h5-6,16H,3-4H2,1-2H3,(H,14,19)(H,17,18). The summed E-state index contributed by atoms with van der Waals surface area (Å²) in [6, 6.07) is 2.05. The molecule has 0 spiro atoms. The van der Waals surface area contributed by atoms with Gasteiger partial charge in [0.25, 0.3) is 0 Å².